The minimum atomic E-state index is 1.23. The molecule has 0 fully saturated rings. The van der Waals surface area contributed by atoms with E-state index < -0.39 is 0 Å². The fourth-order valence-corrected chi connectivity index (χ4v) is 6.98. The van der Waals surface area contributed by atoms with Crippen molar-refractivity contribution in [2.75, 3.05) is 0 Å². The molecule has 0 bridgehead atoms. The summed E-state index contributed by atoms with van der Waals surface area (Å²) in [5.41, 5.74) is 15.5. The summed E-state index contributed by atoms with van der Waals surface area (Å²) >= 11 is 0. The number of hydrogen-bond donors (Lipinski definition) is 0. The SMILES string of the molecule is C/C=C1/c2ccccc2-c2cc3c(cc(-c4cc(-c5ccccc5)cc(-c5ccccc5)c4)c4ccccc43)c(C)c21. The van der Waals surface area contributed by atoms with Gasteiger partial charge >= 0.3 is 0 Å². The van der Waals surface area contributed by atoms with Crippen LogP contribution < -0.4 is 0 Å². The fourth-order valence-electron chi connectivity index (χ4n) is 6.98. The highest BCUT2D eigenvalue weighted by Crippen LogP contribution is 2.49. The molecule has 7 aromatic rings. The van der Waals surface area contributed by atoms with Crippen molar-refractivity contribution in [2.24, 2.45) is 0 Å². The van der Waals surface area contributed by atoms with Crippen LogP contribution in [0.3, 0.4) is 0 Å². The van der Waals surface area contributed by atoms with Crippen molar-refractivity contribution in [3.05, 3.63) is 162 Å². The summed E-state index contributed by atoms with van der Waals surface area (Å²) in [7, 11) is 0. The average molecular weight is 535 g/mol. The molecule has 0 aromatic heterocycles. The minimum absolute atomic E-state index is 1.23. The third kappa shape index (κ3) is 3.76. The Hall–Kier alpha value is -5.20. The van der Waals surface area contributed by atoms with Gasteiger partial charge in [0.25, 0.3) is 0 Å². The van der Waals surface area contributed by atoms with Gasteiger partial charge in [-0.2, -0.15) is 0 Å². The molecule has 1 aliphatic carbocycles. The Labute approximate surface area is 247 Å². The molecule has 0 heterocycles. The molecule has 42 heavy (non-hydrogen) atoms. The maximum atomic E-state index is 2.45. The van der Waals surface area contributed by atoms with Crippen LogP contribution in [-0.2, 0) is 0 Å². The monoisotopic (exact) mass is 534 g/mol. The first-order valence-electron chi connectivity index (χ1n) is 14.7. The minimum Gasteiger partial charge on any atom is -0.0791 e. The van der Waals surface area contributed by atoms with Crippen LogP contribution in [0.25, 0.3) is 71.6 Å². The Balaban J connectivity index is 1.45. The summed E-state index contributed by atoms with van der Waals surface area (Å²) in [5.74, 6) is 0. The molecule has 0 saturated heterocycles. The maximum Gasteiger partial charge on any atom is -0.00666 e. The van der Waals surface area contributed by atoms with Crippen molar-refractivity contribution in [1.29, 1.82) is 0 Å². The predicted octanol–water partition coefficient (Wildman–Crippen LogP) is 11.7. The Bertz CT molecular complexity index is 2120. The van der Waals surface area contributed by atoms with Crippen LogP contribution in [0, 0.1) is 6.92 Å². The molecule has 0 unspecified atom stereocenters. The van der Waals surface area contributed by atoms with Crippen molar-refractivity contribution in [3.8, 4) is 44.5 Å². The lowest BCUT2D eigenvalue weighted by Crippen LogP contribution is -1.93. The van der Waals surface area contributed by atoms with Crippen LogP contribution in [0.1, 0.15) is 23.6 Å². The van der Waals surface area contributed by atoms with Crippen molar-refractivity contribution in [2.45, 2.75) is 13.8 Å². The zero-order chi connectivity index (χ0) is 28.2. The van der Waals surface area contributed by atoms with Gasteiger partial charge in [-0.05, 0) is 132 Å². The first kappa shape index (κ1) is 24.6. The van der Waals surface area contributed by atoms with E-state index in [1.165, 1.54) is 88.3 Å². The van der Waals surface area contributed by atoms with Crippen molar-refractivity contribution in [1.82, 2.24) is 0 Å². The second-order valence-corrected chi connectivity index (χ2v) is 11.3. The highest BCUT2D eigenvalue weighted by molar-refractivity contribution is 6.18. The number of allylic oxidation sites excluding steroid dienone is 1. The topological polar surface area (TPSA) is 0 Å². The molecular formula is C42H30. The summed E-state index contributed by atoms with van der Waals surface area (Å²) in [4.78, 5) is 0. The molecule has 8 rings (SSSR count). The van der Waals surface area contributed by atoms with E-state index in [2.05, 4.69) is 159 Å². The van der Waals surface area contributed by atoms with Crippen LogP contribution in [0.2, 0.25) is 0 Å². The van der Waals surface area contributed by atoms with E-state index in [-0.39, 0.29) is 0 Å². The average Bonchev–Trinajstić information content (AvgIpc) is 3.39. The molecule has 0 spiro atoms. The van der Waals surface area contributed by atoms with Crippen molar-refractivity contribution in [3.63, 3.8) is 0 Å². The molecule has 0 radical (unpaired) electrons. The predicted molar refractivity (Wildman–Crippen MR) is 181 cm³/mol. The molecule has 0 saturated carbocycles. The van der Waals surface area contributed by atoms with Gasteiger partial charge in [0.1, 0.15) is 0 Å². The van der Waals surface area contributed by atoms with Gasteiger partial charge in [0.05, 0.1) is 0 Å². The molecule has 0 atom stereocenters. The first-order chi connectivity index (χ1) is 20.7. The van der Waals surface area contributed by atoms with Gasteiger partial charge in [-0.15, -0.1) is 0 Å². The molecule has 0 aliphatic heterocycles. The van der Waals surface area contributed by atoms with E-state index in [0.717, 1.165) is 0 Å². The Morgan fingerprint density at radius 2 is 0.905 bits per heavy atom. The zero-order valence-corrected chi connectivity index (χ0v) is 23.9. The summed E-state index contributed by atoms with van der Waals surface area (Å²) in [6, 6.07) is 51.2. The Morgan fingerprint density at radius 1 is 0.381 bits per heavy atom. The van der Waals surface area contributed by atoms with Gasteiger partial charge < -0.3 is 0 Å². The number of benzene rings is 7. The van der Waals surface area contributed by atoms with Crippen molar-refractivity contribution >= 4 is 27.1 Å². The molecule has 1 aliphatic rings. The van der Waals surface area contributed by atoms with Crippen LogP contribution >= 0.6 is 0 Å². The second-order valence-electron chi connectivity index (χ2n) is 11.3. The van der Waals surface area contributed by atoms with E-state index in [4.69, 9.17) is 0 Å². The molecule has 7 aromatic carbocycles. The largest absolute Gasteiger partial charge is 0.0791 e. The Kier molecular flexibility index (Phi) is 5.69. The van der Waals surface area contributed by atoms with Gasteiger partial charge in [0, 0.05) is 0 Å². The van der Waals surface area contributed by atoms with E-state index in [0.29, 0.717) is 0 Å². The highest BCUT2D eigenvalue weighted by atomic mass is 14.3. The number of fused-ring (bicyclic) bond motifs is 6. The van der Waals surface area contributed by atoms with Crippen LogP contribution in [0.15, 0.2) is 146 Å². The van der Waals surface area contributed by atoms with Gasteiger partial charge in [0.15, 0.2) is 0 Å². The molecule has 0 amide bonds. The quantitative estimate of drug-likeness (QED) is 0.198. The van der Waals surface area contributed by atoms with E-state index >= 15 is 0 Å². The summed E-state index contributed by atoms with van der Waals surface area (Å²) < 4.78 is 0. The van der Waals surface area contributed by atoms with Crippen LogP contribution in [-0.4, -0.2) is 0 Å². The van der Waals surface area contributed by atoms with Gasteiger partial charge in [-0.3, -0.25) is 0 Å². The standard InChI is InChI=1S/C42H30/c1-3-33-34-18-10-13-21-37(34)41-26-40-36-20-12-11-19-35(36)39(25-38(40)27(2)42(33)41)32-23-30(28-14-6-4-7-15-28)22-31(24-32)29-16-8-5-9-17-29/h3-26H,1-2H3/b33-3-. The lowest BCUT2D eigenvalue weighted by Gasteiger charge is -2.17. The molecule has 0 N–H and O–H groups in total. The van der Waals surface area contributed by atoms with Gasteiger partial charge in [0.2, 0.25) is 0 Å². The summed E-state index contributed by atoms with van der Waals surface area (Å²) in [6.45, 7) is 4.47. The molecule has 0 nitrogen and oxygen atoms in total. The molecule has 198 valence electrons. The van der Waals surface area contributed by atoms with Crippen molar-refractivity contribution < 1.29 is 0 Å². The third-order valence-corrected chi connectivity index (χ3v) is 8.95. The van der Waals surface area contributed by atoms with Gasteiger partial charge in [-0.1, -0.05) is 115 Å². The zero-order valence-electron chi connectivity index (χ0n) is 23.9. The lowest BCUT2D eigenvalue weighted by atomic mass is 9.86. The van der Waals surface area contributed by atoms with Crippen LogP contribution in [0.5, 0.6) is 0 Å². The maximum absolute atomic E-state index is 2.45. The number of hydrogen-bond acceptors (Lipinski definition) is 0. The van der Waals surface area contributed by atoms with E-state index in [1.807, 2.05) is 0 Å². The first-order valence-corrected chi connectivity index (χ1v) is 14.7. The normalized spacial score (nSPS) is 13.0. The fraction of sp³-hybridized carbons (Fsp3) is 0.0476. The van der Waals surface area contributed by atoms with E-state index in [9.17, 15) is 0 Å². The summed E-state index contributed by atoms with van der Waals surface area (Å²) in [5, 5.41) is 5.22. The Morgan fingerprint density at radius 3 is 1.55 bits per heavy atom. The second kappa shape index (κ2) is 9.72. The van der Waals surface area contributed by atoms with E-state index in [1.54, 1.807) is 0 Å². The summed E-state index contributed by atoms with van der Waals surface area (Å²) in [6.07, 6.45) is 2.28. The molecule has 0 heteroatoms. The smallest absolute Gasteiger partial charge is 0.00666 e. The third-order valence-electron chi connectivity index (χ3n) is 8.95. The number of rotatable bonds is 3. The molecular weight excluding hydrogens is 504 g/mol. The van der Waals surface area contributed by atoms with Gasteiger partial charge in [-0.25, -0.2) is 0 Å². The highest BCUT2D eigenvalue weighted by Gasteiger charge is 2.26. The lowest BCUT2D eigenvalue weighted by molar-refractivity contribution is 1.49. The van der Waals surface area contributed by atoms with Crippen LogP contribution in [0.4, 0.5) is 0 Å². The number of aryl methyl sites for hydroxylation is 1.